The van der Waals surface area contributed by atoms with Gasteiger partial charge >= 0.3 is 0 Å². The van der Waals surface area contributed by atoms with Crippen molar-refractivity contribution in [2.24, 2.45) is 17.0 Å². The average molecular weight is 386 g/mol. The van der Waals surface area contributed by atoms with Gasteiger partial charge < -0.3 is 24.2 Å². The van der Waals surface area contributed by atoms with E-state index < -0.39 is 5.79 Å². The van der Waals surface area contributed by atoms with Crippen LogP contribution in [0.2, 0.25) is 0 Å². The molecule has 0 bridgehead atoms. The zero-order valence-corrected chi connectivity index (χ0v) is 15.9. The van der Waals surface area contributed by atoms with Crippen molar-refractivity contribution in [1.29, 1.82) is 0 Å². The predicted molar refractivity (Wildman–Crippen MR) is 101 cm³/mol. The van der Waals surface area contributed by atoms with E-state index in [0.717, 1.165) is 37.8 Å². The van der Waals surface area contributed by atoms with Gasteiger partial charge in [-0.2, -0.15) is 0 Å². The highest BCUT2D eigenvalue weighted by atomic mass is 16.7. The van der Waals surface area contributed by atoms with E-state index in [4.69, 9.17) is 24.2 Å². The highest BCUT2D eigenvalue weighted by Crippen LogP contribution is 2.37. The van der Waals surface area contributed by atoms with E-state index in [1.54, 1.807) is 0 Å². The molecule has 2 spiro atoms. The molecule has 0 aromatic rings. The molecule has 0 aromatic carbocycles. The van der Waals surface area contributed by atoms with E-state index in [-0.39, 0.29) is 19.1 Å². The van der Waals surface area contributed by atoms with Crippen LogP contribution in [0.15, 0.2) is 5.16 Å². The van der Waals surface area contributed by atoms with E-state index in [9.17, 15) is 4.79 Å². The molecule has 2 saturated carbocycles. The molecule has 2 unspecified atom stereocenters. The smallest absolute Gasteiger partial charge is 0.169 e. The number of hydrogen-bond acceptors (Lipinski definition) is 7. The van der Waals surface area contributed by atoms with Crippen molar-refractivity contribution < 1.29 is 28.9 Å². The average Bonchev–Trinajstić information content (AvgIpc) is 3.21. The molecule has 2 atom stereocenters. The van der Waals surface area contributed by atoms with Crippen LogP contribution in [-0.4, -0.2) is 54.7 Å². The van der Waals surface area contributed by atoms with Crippen molar-refractivity contribution in [3.8, 4) is 0 Å². The Morgan fingerprint density at radius 1 is 0.926 bits per heavy atom. The summed E-state index contributed by atoms with van der Waals surface area (Å²) in [5, 5.41) is 12.0. The van der Waals surface area contributed by atoms with Gasteiger partial charge in [0, 0.05) is 44.4 Å². The van der Waals surface area contributed by atoms with Crippen molar-refractivity contribution >= 4 is 11.5 Å². The second kappa shape index (κ2) is 9.45. The third-order valence-electron chi connectivity index (χ3n) is 5.72. The lowest BCUT2D eigenvalue weighted by Gasteiger charge is -2.34. The van der Waals surface area contributed by atoms with Gasteiger partial charge in [-0.05, 0) is 12.3 Å². The highest BCUT2D eigenvalue weighted by molar-refractivity contribution is 5.86. The number of rotatable bonds is 0. The Hall–Kier alpha value is -1.02. The van der Waals surface area contributed by atoms with Crippen LogP contribution in [0.4, 0.5) is 0 Å². The summed E-state index contributed by atoms with van der Waals surface area (Å²) in [6, 6.07) is 0. The van der Waals surface area contributed by atoms with Gasteiger partial charge in [-0.3, -0.25) is 4.79 Å². The Bertz CT molecular complexity index is 523. The van der Waals surface area contributed by atoms with Crippen molar-refractivity contribution in [1.82, 2.24) is 0 Å². The van der Waals surface area contributed by atoms with Gasteiger partial charge in [-0.1, -0.05) is 26.4 Å². The van der Waals surface area contributed by atoms with Crippen LogP contribution in [0.5, 0.6) is 0 Å². The Balaban J connectivity index is 0.000000187. The second-order valence-corrected chi connectivity index (χ2v) is 7.96. The Labute approximate surface area is 162 Å². The molecule has 7 heteroatoms. The van der Waals surface area contributed by atoms with Gasteiger partial charge in [0.05, 0.1) is 32.1 Å². The fourth-order valence-corrected chi connectivity index (χ4v) is 4.44. The number of carbonyl (C=O) groups is 1. The Morgan fingerprint density at radius 2 is 1.44 bits per heavy atom. The third-order valence-corrected chi connectivity index (χ3v) is 5.72. The molecular formula is C20H35NO6. The van der Waals surface area contributed by atoms with E-state index in [2.05, 4.69) is 12.1 Å². The molecule has 2 aliphatic carbocycles. The number of Topliss-reactive ketones (excluding diaryl/α,β-unsaturated/α-hetero) is 1. The number of hydrogen-bond donors (Lipinski definition) is 1. The van der Waals surface area contributed by atoms with Crippen LogP contribution in [0.3, 0.4) is 0 Å². The van der Waals surface area contributed by atoms with Crippen molar-refractivity contribution in [3.05, 3.63) is 0 Å². The fraction of sp³-hybridized carbons (Fsp3) is 0.900. The molecular weight excluding hydrogens is 350 g/mol. The van der Waals surface area contributed by atoms with Gasteiger partial charge in [0.15, 0.2) is 11.6 Å². The van der Waals surface area contributed by atoms with E-state index in [1.807, 2.05) is 6.92 Å². The van der Waals surface area contributed by atoms with Crippen LogP contribution in [0.25, 0.3) is 0 Å². The van der Waals surface area contributed by atoms with Gasteiger partial charge in [0.25, 0.3) is 0 Å². The SMILES string of the molecule is C.CC1CC(=O)CCC2(C1)OCCO2.CC1CC2(CC/C1=N\O)OCCO2. The number of carbonyl (C=O) groups excluding carboxylic acids is 1. The summed E-state index contributed by atoms with van der Waals surface area (Å²) in [4.78, 5) is 11.3. The van der Waals surface area contributed by atoms with Crippen LogP contribution >= 0.6 is 0 Å². The predicted octanol–water partition coefficient (Wildman–Crippen LogP) is 3.52. The maximum absolute atomic E-state index is 11.3. The number of oxime groups is 1. The minimum absolute atomic E-state index is 0. The molecule has 0 amide bonds. The summed E-state index contributed by atoms with van der Waals surface area (Å²) in [5.41, 5.74) is 0.865. The number of nitrogens with zero attached hydrogens (tertiary/aromatic N) is 1. The molecule has 27 heavy (non-hydrogen) atoms. The first-order valence-electron chi connectivity index (χ1n) is 9.74. The fourth-order valence-electron chi connectivity index (χ4n) is 4.44. The maximum Gasteiger partial charge on any atom is 0.169 e. The van der Waals surface area contributed by atoms with Crippen molar-refractivity contribution in [3.63, 3.8) is 0 Å². The van der Waals surface area contributed by atoms with E-state index >= 15 is 0 Å². The molecule has 4 fully saturated rings. The second-order valence-electron chi connectivity index (χ2n) is 7.96. The topological polar surface area (TPSA) is 86.6 Å². The first-order chi connectivity index (χ1) is 12.5. The van der Waals surface area contributed by atoms with Gasteiger partial charge in [-0.25, -0.2) is 0 Å². The van der Waals surface area contributed by atoms with Crippen molar-refractivity contribution in [2.45, 2.75) is 77.8 Å². The normalized spacial score (nSPS) is 33.4. The summed E-state index contributed by atoms with van der Waals surface area (Å²) < 4.78 is 22.4. The first-order valence-corrected chi connectivity index (χ1v) is 9.74. The molecule has 4 rings (SSSR count). The minimum Gasteiger partial charge on any atom is -0.411 e. The van der Waals surface area contributed by atoms with Crippen molar-refractivity contribution in [2.75, 3.05) is 26.4 Å². The molecule has 4 aliphatic rings. The lowest BCUT2D eigenvalue weighted by atomic mass is 9.84. The van der Waals surface area contributed by atoms with Gasteiger partial charge in [0.2, 0.25) is 0 Å². The molecule has 7 nitrogen and oxygen atoms in total. The quantitative estimate of drug-likeness (QED) is 0.507. The van der Waals surface area contributed by atoms with Crippen LogP contribution < -0.4 is 0 Å². The maximum atomic E-state index is 11.3. The number of ether oxygens (including phenoxy) is 4. The van der Waals surface area contributed by atoms with Crippen LogP contribution in [-0.2, 0) is 23.7 Å². The molecule has 0 aromatic heterocycles. The Kier molecular flexibility index (Phi) is 7.80. The molecule has 1 N–H and O–H groups in total. The molecule has 2 heterocycles. The zero-order chi connectivity index (χ0) is 18.6. The monoisotopic (exact) mass is 385 g/mol. The molecule has 156 valence electrons. The number of ketones is 1. The van der Waals surface area contributed by atoms with E-state index in [0.29, 0.717) is 51.0 Å². The minimum atomic E-state index is -0.411. The van der Waals surface area contributed by atoms with E-state index in [1.165, 1.54) is 0 Å². The molecule has 0 radical (unpaired) electrons. The summed E-state index contributed by atoms with van der Waals surface area (Å²) >= 11 is 0. The highest BCUT2D eigenvalue weighted by Gasteiger charge is 2.42. The van der Waals surface area contributed by atoms with Crippen LogP contribution in [0, 0.1) is 11.8 Å². The largest absolute Gasteiger partial charge is 0.411 e. The van der Waals surface area contributed by atoms with Gasteiger partial charge in [-0.15, -0.1) is 0 Å². The van der Waals surface area contributed by atoms with Crippen LogP contribution in [0.1, 0.15) is 66.2 Å². The Morgan fingerprint density at radius 3 is 1.96 bits per heavy atom. The molecule has 2 saturated heterocycles. The summed E-state index contributed by atoms with van der Waals surface area (Å²) in [6.45, 7) is 6.88. The first kappa shape index (κ1) is 22.3. The molecule has 2 aliphatic heterocycles. The standard InChI is InChI=1S/C10H16O3.C9H15NO3.CH4/c1-8-6-9(11)2-3-10(7-8)12-4-5-13-10;1-7-6-9(12-4-5-13-9)3-2-8(7)10-11;/h8H,2-7H2,1H3;7,11H,2-6H2,1H3;1H4/b;10-8+;. The lowest BCUT2D eigenvalue weighted by Crippen LogP contribution is -2.39. The zero-order valence-electron chi connectivity index (χ0n) is 15.9. The lowest BCUT2D eigenvalue weighted by molar-refractivity contribution is -0.173. The third kappa shape index (κ3) is 5.50. The van der Waals surface area contributed by atoms with Gasteiger partial charge in [0.1, 0.15) is 5.78 Å². The summed E-state index contributed by atoms with van der Waals surface area (Å²) in [6.07, 6.45) is 5.33. The summed E-state index contributed by atoms with van der Waals surface area (Å²) in [5.74, 6) is 0.229. The summed E-state index contributed by atoms with van der Waals surface area (Å²) in [7, 11) is 0.